The van der Waals surface area contributed by atoms with E-state index < -0.39 is 0 Å². The first-order chi connectivity index (χ1) is 7.79. The average Bonchev–Trinajstić information content (AvgIpc) is 2.79. The summed E-state index contributed by atoms with van der Waals surface area (Å²) in [4.78, 5) is 3.83. The molecule has 1 aliphatic heterocycles. The molecule has 1 fully saturated rings. The van der Waals surface area contributed by atoms with Crippen molar-refractivity contribution in [1.82, 2.24) is 4.98 Å². The van der Waals surface area contributed by atoms with Crippen molar-refractivity contribution in [2.24, 2.45) is 0 Å². The van der Waals surface area contributed by atoms with Gasteiger partial charge in [0.15, 0.2) is 0 Å². The Morgan fingerprint density at radius 2 is 2.56 bits per heavy atom. The first-order valence-corrected chi connectivity index (χ1v) is 5.19. The van der Waals surface area contributed by atoms with Crippen molar-refractivity contribution in [3.8, 4) is 11.8 Å². The van der Waals surface area contributed by atoms with E-state index in [-0.39, 0.29) is 6.10 Å². The Balaban J connectivity index is 2.02. The van der Waals surface area contributed by atoms with Gasteiger partial charge in [-0.2, -0.15) is 5.26 Å². The summed E-state index contributed by atoms with van der Waals surface area (Å²) in [5, 5.41) is 8.86. The third kappa shape index (κ3) is 2.41. The molecule has 1 saturated heterocycles. The van der Waals surface area contributed by atoms with Crippen LogP contribution in [0.1, 0.15) is 18.4 Å². The topological polar surface area (TPSA) is 81.2 Å². The van der Waals surface area contributed by atoms with Crippen molar-refractivity contribution in [3.63, 3.8) is 0 Å². The molecule has 1 aromatic rings. The zero-order chi connectivity index (χ0) is 11.4. The van der Waals surface area contributed by atoms with E-state index in [1.165, 1.54) is 6.20 Å². The Bertz CT molecular complexity index is 408. The van der Waals surface area contributed by atoms with Crippen LogP contribution in [0.3, 0.4) is 0 Å². The highest BCUT2D eigenvalue weighted by Crippen LogP contribution is 2.20. The van der Waals surface area contributed by atoms with Crippen LogP contribution in [-0.4, -0.2) is 24.3 Å². The minimum absolute atomic E-state index is 0.126. The number of nitrogens with zero attached hydrogens (tertiary/aromatic N) is 2. The molecule has 2 N–H and O–H groups in total. The second kappa shape index (κ2) is 4.81. The highest BCUT2D eigenvalue weighted by atomic mass is 16.5. The van der Waals surface area contributed by atoms with Gasteiger partial charge in [-0.25, -0.2) is 4.98 Å². The molecule has 0 aliphatic carbocycles. The van der Waals surface area contributed by atoms with Gasteiger partial charge in [-0.1, -0.05) is 0 Å². The van der Waals surface area contributed by atoms with Crippen LogP contribution in [0.4, 0.5) is 5.82 Å². The Hall–Kier alpha value is -1.80. The van der Waals surface area contributed by atoms with Crippen LogP contribution in [0, 0.1) is 11.3 Å². The number of hydrogen-bond donors (Lipinski definition) is 1. The van der Waals surface area contributed by atoms with E-state index in [4.69, 9.17) is 20.5 Å². The van der Waals surface area contributed by atoms with Gasteiger partial charge in [0.1, 0.15) is 29.8 Å². The van der Waals surface area contributed by atoms with Crippen LogP contribution in [0.25, 0.3) is 0 Å². The van der Waals surface area contributed by atoms with Crippen LogP contribution in [-0.2, 0) is 4.74 Å². The quantitative estimate of drug-likeness (QED) is 0.823. The van der Waals surface area contributed by atoms with Gasteiger partial charge in [-0.15, -0.1) is 0 Å². The van der Waals surface area contributed by atoms with Crippen LogP contribution in [0.15, 0.2) is 12.3 Å². The largest absolute Gasteiger partial charge is 0.489 e. The lowest BCUT2D eigenvalue weighted by Crippen LogP contribution is -2.16. The van der Waals surface area contributed by atoms with Crippen molar-refractivity contribution >= 4 is 5.82 Å². The molecule has 0 spiro atoms. The predicted octanol–water partition coefficient (Wildman–Crippen LogP) is 1.09. The van der Waals surface area contributed by atoms with E-state index in [9.17, 15) is 0 Å². The normalized spacial score (nSPS) is 19.3. The second-order valence-electron chi connectivity index (χ2n) is 3.66. The fourth-order valence-corrected chi connectivity index (χ4v) is 1.61. The molecule has 2 rings (SSSR count). The number of aromatic nitrogens is 1. The highest BCUT2D eigenvalue weighted by molar-refractivity contribution is 5.47. The third-order valence-corrected chi connectivity index (χ3v) is 2.46. The first kappa shape index (κ1) is 10.7. The summed E-state index contributed by atoms with van der Waals surface area (Å²) in [6, 6.07) is 3.58. The highest BCUT2D eigenvalue weighted by Gasteiger charge is 2.16. The molecule has 2 heterocycles. The maximum Gasteiger partial charge on any atom is 0.142 e. The Morgan fingerprint density at radius 3 is 3.25 bits per heavy atom. The van der Waals surface area contributed by atoms with Crippen molar-refractivity contribution in [3.05, 3.63) is 17.8 Å². The van der Waals surface area contributed by atoms with Gasteiger partial charge in [0.05, 0.1) is 12.3 Å². The van der Waals surface area contributed by atoms with Gasteiger partial charge in [0.25, 0.3) is 0 Å². The van der Waals surface area contributed by atoms with Crippen LogP contribution in [0.2, 0.25) is 0 Å². The van der Waals surface area contributed by atoms with Gasteiger partial charge in [0.2, 0.25) is 0 Å². The molecule has 5 nitrogen and oxygen atoms in total. The molecule has 0 bridgehead atoms. The minimum Gasteiger partial charge on any atom is -0.489 e. The van der Waals surface area contributed by atoms with Crippen molar-refractivity contribution in [2.75, 3.05) is 18.9 Å². The van der Waals surface area contributed by atoms with E-state index in [0.717, 1.165) is 19.4 Å². The summed E-state index contributed by atoms with van der Waals surface area (Å²) >= 11 is 0. The third-order valence-electron chi connectivity index (χ3n) is 2.46. The summed E-state index contributed by atoms with van der Waals surface area (Å²) < 4.78 is 10.9. The number of nitrogen functional groups attached to an aromatic ring is 1. The molecule has 0 aromatic carbocycles. The fraction of sp³-hybridized carbons (Fsp3) is 0.455. The smallest absolute Gasteiger partial charge is 0.142 e. The second-order valence-corrected chi connectivity index (χ2v) is 3.66. The summed E-state index contributed by atoms with van der Waals surface area (Å²) in [6.45, 7) is 1.25. The molecular formula is C11H13N3O2. The zero-order valence-electron chi connectivity index (χ0n) is 8.85. The van der Waals surface area contributed by atoms with Crippen LogP contribution < -0.4 is 10.5 Å². The molecule has 84 valence electrons. The maximum absolute atomic E-state index is 8.86. The standard InChI is InChI=1S/C11H13N3O2/c12-5-8-6-14-11(13)4-10(8)16-7-9-2-1-3-15-9/h4,6,9H,1-3,7H2,(H2,13,14)/t9-/m0/s1. The lowest BCUT2D eigenvalue weighted by Gasteiger charge is -2.12. The summed E-state index contributed by atoms with van der Waals surface area (Å²) in [5.74, 6) is 0.826. The molecule has 0 unspecified atom stereocenters. The van der Waals surface area contributed by atoms with Gasteiger partial charge < -0.3 is 15.2 Å². The van der Waals surface area contributed by atoms with E-state index in [2.05, 4.69) is 4.98 Å². The number of nitriles is 1. The number of nitrogens with two attached hydrogens (primary N) is 1. The van der Waals surface area contributed by atoms with E-state index in [1.54, 1.807) is 6.07 Å². The van der Waals surface area contributed by atoms with Gasteiger partial charge in [0, 0.05) is 12.7 Å². The molecule has 0 saturated carbocycles. The Labute approximate surface area is 93.8 Å². The molecule has 0 amide bonds. The number of rotatable bonds is 3. The summed E-state index contributed by atoms with van der Waals surface area (Å²) in [6.07, 6.45) is 3.61. The van der Waals surface area contributed by atoms with E-state index in [0.29, 0.717) is 23.7 Å². The number of pyridine rings is 1. The zero-order valence-corrected chi connectivity index (χ0v) is 8.85. The molecule has 1 aromatic heterocycles. The minimum atomic E-state index is 0.126. The van der Waals surface area contributed by atoms with Gasteiger partial charge in [-0.05, 0) is 12.8 Å². The van der Waals surface area contributed by atoms with Crippen LogP contribution in [0.5, 0.6) is 5.75 Å². The number of anilines is 1. The van der Waals surface area contributed by atoms with Crippen molar-refractivity contribution in [1.29, 1.82) is 5.26 Å². The average molecular weight is 219 g/mol. The molecular weight excluding hydrogens is 206 g/mol. The number of ether oxygens (including phenoxy) is 2. The molecule has 1 aliphatic rings. The lowest BCUT2D eigenvalue weighted by molar-refractivity contribution is 0.0678. The maximum atomic E-state index is 8.86. The van der Waals surface area contributed by atoms with Gasteiger partial charge in [-0.3, -0.25) is 0 Å². The molecule has 0 radical (unpaired) electrons. The van der Waals surface area contributed by atoms with Crippen molar-refractivity contribution in [2.45, 2.75) is 18.9 Å². The van der Waals surface area contributed by atoms with E-state index >= 15 is 0 Å². The molecule has 1 atom stereocenters. The Kier molecular flexibility index (Phi) is 3.22. The van der Waals surface area contributed by atoms with E-state index in [1.807, 2.05) is 6.07 Å². The Morgan fingerprint density at radius 1 is 1.69 bits per heavy atom. The number of hydrogen-bond acceptors (Lipinski definition) is 5. The fourth-order valence-electron chi connectivity index (χ4n) is 1.61. The monoisotopic (exact) mass is 219 g/mol. The summed E-state index contributed by atoms with van der Waals surface area (Å²) in [7, 11) is 0. The summed E-state index contributed by atoms with van der Waals surface area (Å²) in [5.41, 5.74) is 5.93. The first-order valence-electron chi connectivity index (χ1n) is 5.19. The SMILES string of the molecule is N#Cc1cnc(N)cc1OC[C@@H]1CCCO1. The molecule has 16 heavy (non-hydrogen) atoms. The lowest BCUT2D eigenvalue weighted by atomic mass is 10.2. The van der Waals surface area contributed by atoms with Crippen LogP contribution >= 0.6 is 0 Å². The van der Waals surface area contributed by atoms with Gasteiger partial charge >= 0.3 is 0 Å². The predicted molar refractivity (Wildman–Crippen MR) is 57.8 cm³/mol. The molecule has 5 heteroatoms. The van der Waals surface area contributed by atoms with Crippen molar-refractivity contribution < 1.29 is 9.47 Å².